The number of carbonyl (C=O) groups is 2. The number of carboxylic acid groups (broad SMARTS) is 1. The van der Waals surface area contributed by atoms with Gasteiger partial charge in [0.05, 0.1) is 0 Å². The Balaban J connectivity index is 1.93. The smallest absolute Gasteiger partial charge is 0.329 e. The molecular weight excluding hydrogens is 298 g/mol. The number of benzene rings is 1. The van der Waals surface area contributed by atoms with Gasteiger partial charge in [0.1, 0.15) is 5.54 Å². The molecule has 0 bridgehead atoms. The second-order valence-corrected chi connectivity index (χ2v) is 6.88. The number of amides is 1. The SMILES string of the molecule is CN(C(=O)c1ccc2sccc2c1)C1(C(=O)O)CCCCC1. The van der Waals surface area contributed by atoms with E-state index in [0.717, 1.165) is 29.3 Å². The fraction of sp³-hybridized carbons (Fsp3) is 0.412. The third-order valence-corrected chi connectivity index (χ3v) is 5.62. The van der Waals surface area contributed by atoms with E-state index in [1.54, 1.807) is 24.5 Å². The summed E-state index contributed by atoms with van der Waals surface area (Å²) in [7, 11) is 1.62. The van der Waals surface area contributed by atoms with Crippen LogP contribution in [0.5, 0.6) is 0 Å². The summed E-state index contributed by atoms with van der Waals surface area (Å²) in [6.07, 6.45) is 3.81. The lowest BCUT2D eigenvalue weighted by Crippen LogP contribution is -2.56. The Morgan fingerprint density at radius 1 is 1.18 bits per heavy atom. The molecule has 2 aromatic rings. The maximum atomic E-state index is 12.8. The third-order valence-electron chi connectivity index (χ3n) is 4.72. The van der Waals surface area contributed by atoms with Crippen molar-refractivity contribution in [2.24, 2.45) is 0 Å². The van der Waals surface area contributed by atoms with Crippen molar-refractivity contribution < 1.29 is 14.7 Å². The minimum atomic E-state index is -1.06. The van der Waals surface area contributed by atoms with Gasteiger partial charge in [0, 0.05) is 17.3 Å². The van der Waals surface area contributed by atoms with E-state index >= 15 is 0 Å². The van der Waals surface area contributed by atoms with Gasteiger partial charge in [-0.3, -0.25) is 4.79 Å². The summed E-state index contributed by atoms with van der Waals surface area (Å²) in [5.41, 5.74) is -0.501. The van der Waals surface area contributed by atoms with Crippen LogP contribution in [-0.4, -0.2) is 34.5 Å². The summed E-state index contributed by atoms with van der Waals surface area (Å²) in [6, 6.07) is 7.54. The first kappa shape index (κ1) is 15.0. The van der Waals surface area contributed by atoms with Gasteiger partial charge in [0.15, 0.2) is 0 Å². The predicted octanol–water partition coefficient (Wildman–Crippen LogP) is 3.76. The summed E-state index contributed by atoms with van der Waals surface area (Å²) in [6.45, 7) is 0. The van der Waals surface area contributed by atoms with Crippen LogP contribution in [-0.2, 0) is 4.79 Å². The number of carbonyl (C=O) groups excluding carboxylic acids is 1. The largest absolute Gasteiger partial charge is 0.479 e. The number of hydrogen-bond acceptors (Lipinski definition) is 3. The molecule has 1 saturated carbocycles. The summed E-state index contributed by atoms with van der Waals surface area (Å²) in [4.78, 5) is 26.1. The number of hydrogen-bond donors (Lipinski definition) is 1. The third kappa shape index (κ3) is 2.39. The van der Waals surface area contributed by atoms with Crippen LogP contribution >= 0.6 is 11.3 Å². The lowest BCUT2D eigenvalue weighted by atomic mass is 9.80. The van der Waals surface area contributed by atoms with Gasteiger partial charge in [0.25, 0.3) is 5.91 Å². The maximum Gasteiger partial charge on any atom is 0.329 e. The van der Waals surface area contributed by atoms with Crippen molar-refractivity contribution in [1.82, 2.24) is 4.90 Å². The Morgan fingerprint density at radius 2 is 1.91 bits per heavy atom. The highest BCUT2D eigenvalue weighted by Crippen LogP contribution is 2.34. The summed E-state index contributed by atoms with van der Waals surface area (Å²) < 4.78 is 1.13. The zero-order valence-corrected chi connectivity index (χ0v) is 13.4. The van der Waals surface area contributed by atoms with Gasteiger partial charge in [-0.05, 0) is 47.9 Å². The summed E-state index contributed by atoms with van der Waals surface area (Å²) >= 11 is 1.63. The van der Waals surface area contributed by atoms with Crippen molar-refractivity contribution >= 4 is 33.3 Å². The van der Waals surface area contributed by atoms with Gasteiger partial charge in [-0.1, -0.05) is 19.3 Å². The van der Waals surface area contributed by atoms with Crippen molar-refractivity contribution in [2.75, 3.05) is 7.05 Å². The molecule has 4 nitrogen and oxygen atoms in total. The standard InChI is InChI=1S/C17H19NO3S/c1-18(17(16(20)21)8-3-2-4-9-17)15(19)13-5-6-14-12(11-13)7-10-22-14/h5-7,10-11H,2-4,8-9H2,1H3,(H,20,21). The van der Waals surface area contributed by atoms with Gasteiger partial charge in [0.2, 0.25) is 0 Å². The Labute approximate surface area is 133 Å². The molecule has 1 amide bonds. The molecule has 1 N–H and O–H groups in total. The van der Waals surface area contributed by atoms with E-state index in [9.17, 15) is 14.7 Å². The van der Waals surface area contributed by atoms with E-state index < -0.39 is 11.5 Å². The average Bonchev–Trinajstić information content (AvgIpc) is 3.01. The van der Waals surface area contributed by atoms with Crippen molar-refractivity contribution in [3.8, 4) is 0 Å². The van der Waals surface area contributed by atoms with Crippen molar-refractivity contribution in [3.05, 3.63) is 35.2 Å². The Hall–Kier alpha value is -1.88. The average molecular weight is 317 g/mol. The van der Waals surface area contributed by atoms with E-state index in [0.29, 0.717) is 18.4 Å². The van der Waals surface area contributed by atoms with Crippen LogP contribution in [0, 0.1) is 0 Å². The zero-order valence-electron chi connectivity index (χ0n) is 12.5. The quantitative estimate of drug-likeness (QED) is 0.937. The molecule has 3 rings (SSSR count). The molecule has 0 spiro atoms. The molecule has 1 aromatic carbocycles. The molecule has 0 unspecified atom stereocenters. The molecule has 1 fully saturated rings. The Bertz CT molecular complexity index is 716. The van der Waals surface area contributed by atoms with Gasteiger partial charge in [-0.25, -0.2) is 4.79 Å². The first-order valence-corrected chi connectivity index (χ1v) is 8.41. The van der Waals surface area contributed by atoms with E-state index in [1.165, 1.54) is 4.90 Å². The van der Waals surface area contributed by atoms with Crippen LogP contribution in [0.4, 0.5) is 0 Å². The van der Waals surface area contributed by atoms with Crippen molar-refractivity contribution in [1.29, 1.82) is 0 Å². The number of likely N-dealkylation sites (N-methyl/N-ethyl adjacent to an activating group) is 1. The molecule has 0 atom stereocenters. The monoisotopic (exact) mass is 317 g/mol. The molecule has 0 aliphatic heterocycles. The molecule has 0 radical (unpaired) electrons. The van der Waals surface area contributed by atoms with Gasteiger partial charge in [-0.15, -0.1) is 11.3 Å². The normalized spacial score (nSPS) is 17.3. The lowest BCUT2D eigenvalue weighted by molar-refractivity contribution is -0.151. The second-order valence-electron chi connectivity index (χ2n) is 5.93. The zero-order chi connectivity index (χ0) is 15.7. The van der Waals surface area contributed by atoms with E-state index in [4.69, 9.17) is 0 Å². The van der Waals surface area contributed by atoms with Gasteiger partial charge < -0.3 is 10.0 Å². The number of aliphatic carboxylic acids is 1. The topological polar surface area (TPSA) is 57.6 Å². The highest BCUT2D eigenvalue weighted by molar-refractivity contribution is 7.17. The molecule has 116 valence electrons. The summed E-state index contributed by atoms with van der Waals surface area (Å²) in [5.74, 6) is -1.10. The molecule has 0 saturated heterocycles. The van der Waals surface area contributed by atoms with E-state index in [-0.39, 0.29) is 5.91 Å². The highest BCUT2D eigenvalue weighted by atomic mass is 32.1. The molecule has 1 heterocycles. The van der Waals surface area contributed by atoms with Crippen LogP contribution < -0.4 is 0 Å². The van der Waals surface area contributed by atoms with E-state index in [1.807, 2.05) is 23.6 Å². The highest BCUT2D eigenvalue weighted by Gasteiger charge is 2.45. The first-order chi connectivity index (χ1) is 10.5. The van der Waals surface area contributed by atoms with Crippen LogP contribution in [0.1, 0.15) is 42.5 Å². The fourth-order valence-corrected chi connectivity index (χ4v) is 4.09. The molecule has 5 heteroatoms. The molecule has 22 heavy (non-hydrogen) atoms. The summed E-state index contributed by atoms with van der Waals surface area (Å²) in [5, 5.41) is 12.7. The number of carboxylic acids is 1. The van der Waals surface area contributed by atoms with Crippen molar-refractivity contribution in [2.45, 2.75) is 37.6 Å². The molecule has 1 aliphatic rings. The molecule has 1 aromatic heterocycles. The van der Waals surface area contributed by atoms with Crippen molar-refractivity contribution in [3.63, 3.8) is 0 Å². The Morgan fingerprint density at radius 3 is 2.59 bits per heavy atom. The molecule has 1 aliphatic carbocycles. The number of thiophene rings is 1. The Kier molecular flexibility index (Phi) is 3.91. The van der Waals surface area contributed by atoms with Crippen LogP contribution in [0.2, 0.25) is 0 Å². The second kappa shape index (κ2) is 5.72. The lowest BCUT2D eigenvalue weighted by Gasteiger charge is -2.41. The van der Waals surface area contributed by atoms with Gasteiger partial charge in [-0.2, -0.15) is 0 Å². The fourth-order valence-electron chi connectivity index (χ4n) is 3.32. The maximum absolute atomic E-state index is 12.8. The predicted molar refractivity (Wildman–Crippen MR) is 87.4 cm³/mol. The number of rotatable bonds is 3. The number of fused-ring (bicyclic) bond motifs is 1. The van der Waals surface area contributed by atoms with E-state index in [2.05, 4.69) is 0 Å². The first-order valence-electron chi connectivity index (χ1n) is 7.53. The molecular formula is C17H19NO3S. The van der Waals surface area contributed by atoms with Gasteiger partial charge >= 0.3 is 5.97 Å². The van der Waals surface area contributed by atoms with Crippen LogP contribution in [0.3, 0.4) is 0 Å². The minimum Gasteiger partial charge on any atom is -0.479 e. The minimum absolute atomic E-state index is 0.211. The van der Waals surface area contributed by atoms with Crippen LogP contribution in [0.25, 0.3) is 10.1 Å². The number of nitrogens with zero attached hydrogens (tertiary/aromatic N) is 1. The van der Waals surface area contributed by atoms with Crippen LogP contribution in [0.15, 0.2) is 29.6 Å².